The molecule has 32 heavy (non-hydrogen) atoms. The lowest BCUT2D eigenvalue weighted by Gasteiger charge is -2.05. The summed E-state index contributed by atoms with van der Waals surface area (Å²) in [5.74, 6) is 0. The SMILES string of the molecule is FC(F)(F)c1ccc2oc3cc4cc5c(cc4cc3c2c1)oc1ccc(C(F)(F)F)cc15. The Balaban J connectivity index is 1.63. The number of rotatable bonds is 0. The lowest BCUT2D eigenvalue weighted by Crippen LogP contribution is -2.03. The maximum atomic E-state index is 13.1. The highest BCUT2D eigenvalue weighted by atomic mass is 19.4. The van der Waals surface area contributed by atoms with Crippen LogP contribution in [0.3, 0.4) is 0 Å². The molecule has 0 bridgehead atoms. The highest BCUT2D eigenvalue weighted by Crippen LogP contribution is 2.40. The molecule has 0 unspecified atom stereocenters. The smallest absolute Gasteiger partial charge is 0.416 e. The van der Waals surface area contributed by atoms with Crippen molar-refractivity contribution < 1.29 is 35.2 Å². The molecule has 0 N–H and O–H groups in total. The minimum absolute atomic E-state index is 0.312. The summed E-state index contributed by atoms with van der Waals surface area (Å²) in [7, 11) is 0. The van der Waals surface area contributed by atoms with E-state index in [1.54, 1.807) is 24.3 Å². The van der Waals surface area contributed by atoms with Gasteiger partial charge in [0.1, 0.15) is 22.3 Å². The first kappa shape index (κ1) is 19.0. The molecule has 0 aliphatic heterocycles. The van der Waals surface area contributed by atoms with Crippen molar-refractivity contribution >= 4 is 54.6 Å². The van der Waals surface area contributed by atoms with Crippen LogP contribution in [0.15, 0.2) is 69.5 Å². The summed E-state index contributed by atoms with van der Waals surface area (Å²) >= 11 is 0. The fourth-order valence-electron chi connectivity index (χ4n) is 4.15. The molecule has 0 saturated carbocycles. The number of fused-ring (bicyclic) bond motifs is 7. The minimum atomic E-state index is -4.48. The maximum absolute atomic E-state index is 13.1. The molecule has 0 aliphatic rings. The van der Waals surface area contributed by atoms with Gasteiger partial charge in [-0.1, -0.05) is 0 Å². The van der Waals surface area contributed by atoms with Crippen LogP contribution in [0.5, 0.6) is 0 Å². The van der Waals surface area contributed by atoms with Crippen LogP contribution in [-0.2, 0) is 12.4 Å². The summed E-state index contributed by atoms with van der Waals surface area (Å²) in [6.07, 6.45) is -8.96. The Morgan fingerprint density at radius 1 is 0.438 bits per heavy atom. The normalized spacial score (nSPS) is 13.3. The van der Waals surface area contributed by atoms with Crippen molar-refractivity contribution in [3.05, 3.63) is 71.8 Å². The van der Waals surface area contributed by atoms with Crippen molar-refractivity contribution in [2.45, 2.75) is 12.4 Å². The van der Waals surface area contributed by atoms with Crippen LogP contribution in [0.4, 0.5) is 26.3 Å². The Labute approximate surface area is 174 Å². The van der Waals surface area contributed by atoms with Crippen molar-refractivity contribution in [2.24, 2.45) is 0 Å². The largest absolute Gasteiger partial charge is 0.456 e. The first-order valence-electron chi connectivity index (χ1n) is 9.49. The lowest BCUT2D eigenvalue weighted by molar-refractivity contribution is -0.138. The number of alkyl halides is 6. The molecule has 0 amide bonds. The zero-order chi connectivity index (χ0) is 22.4. The standard InChI is InChI=1S/C24H10F6O2/c25-23(26,27)13-1-3-19-17(9-13)15-5-11-8-22-16(6-12(11)7-21(15)31-19)18-10-14(24(28,29)30)2-4-20(18)32-22/h1-10H. The second-order valence-corrected chi connectivity index (χ2v) is 7.67. The molecule has 0 aliphatic carbocycles. The molecule has 6 rings (SSSR count). The quantitative estimate of drug-likeness (QED) is 0.219. The van der Waals surface area contributed by atoms with E-state index in [1.807, 2.05) is 0 Å². The predicted molar refractivity (Wildman–Crippen MR) is 109 cm³/mol. The number of halogens is 6. The number of furan rings is 2. The molecule has 0 fully saturated rings. The molecule has 2 nitrogen and oxygen atoms in total. The lowest BCUT2D eigenvalue weighted by atomic mass is 10.0. The molecule has 0 saturated heterocycles. The van der Waals surface area contributed by atoms with E-state index < -0.39 is 23.5 Å². The van der Waals surface area contributed by atoms with E-state index in [0.717, 1.165) is 24.3 Å². The number of hydrogen-bond donors (Lipinski definition) is 0. The fourth-order valence-corrected chi connectivity index (χ4v) is 4.15. The van der Waals surface area contributed by atoms with Crippen LogP contribution < -0.4 is 0 Å². The third-order valence-electron chi connectivity index (χ3n) is 5.67. The second-order valence-electron chi connectivity index (χ2n) is 7.67. The van der Waals surface area contributed by atoms with E-state index in [1.165, 1.54) is 12.1 Å². The van der Waals surface area contributed by atoms with Crippen molar-refractivity contribution in [1.82, 2.24) is 0 Å². The monoisotopic (exact) mass is 444 g/mol. The molecule has 6 aromatic rings. The van der Waals surface area contributed by atoms with Crippen molar-refractivity contribution in [3.63, 3.8) is 0 Å². The van der Waals surface area contributed by atoms with Gasteiger partial charge < -0.3 is 8.83 Å². The first-order valence-corrected chi connectivity index (χ1v) is 9.49. The van der Waals surface area contributed by atoms with Gasteiger partial charge in [0.25, 0.3) is 0 Å². The summed E-state index contributed by atoms with van der Waals surface area (Å²) in [5, 5.41) is 3.01. The third-order valence-corrected chi connectivity index (χ3v) is 5.67. The van der Waals surface area contributed by atoms with E-state index >= 15 is 0 Å². The Hall–Kier alpha value is -3.68. The Bertz CT molecular complexity index is 1570. The molecule has 2 heterocycles. The summed E-state index contributed by atoms with van der Waals surface area (Å²) in [5.41, 5.74) is -0.161. The molecule has 160 valence electrons. The summed E-state index contributed by atoms with van der Waals surface area (Å²) in [6, 6.07) is 13.3. The zero-order valence-corrected chi connectivity index (χ0v) is 15.9. The topological polar surface area (TPSA) is 26.3 Å². The van der Waals surface area contributed by atoms with E-state index in [2.05, 4.69) is 0 Å². The van der Waals surface area contributed by atoms with Crippen molar-refractivity contribution in [1.29, 1.82) is 0 Å². The van der Waals surface area contributed by atoms with Gasteiger partial charge in [0.05, 0.1) is 11.1 Å². The van der Waals surface area contributed by atoms with Gasteiger partial charge >= 0.3 is 12.4 Å². The predicted octanol–water partition coefficient (Wildman–Crippen LogP) is 8.68. The Kier molecular flexibility index (Phi) is 3.55. The van der Waals surface area contributed by atoms with Gasteiger partial charge in [0.15, 0.2) is 0 Å². The maximum Gasteiger partial charge on any atom is 0.416 e. The molecule has 4 aromatic carbocycles. The van der Waals surface area contributed by atoms with Crippen LogP contribution in [0.2, 0.25) is 0 Å². The first-order chi connectivity index (χ1) is 15.1. The van der Waals surface area contributed by atoms with Gasteiger partial charge in [-0.15, -0.1) is 0 Å². The second kappa shape index (κ2) is 5.97. The van der Waals surface area contributed by atoms with Gasteiger partial charge in [-0.2, -0.15) is 26.3 Å². The molecule has 8 heteroatoms. The van der Waals surface area contributed by atoms with Crippen molar-refractivity contribution in [2.75, 3.05) is 0 Å². The Morgan fingerprint density at radius 2 is 0.812 bits per heavy atom. The van der Waals surface area contributed by atoms with Gasteiger partial charge in [0, 0.05) is 21.5 Å². The molecule has 0 radical (unpaired) electrons. The molecule has 0 atom stereocenters. The minimum Gasteiger partial charge on any atom is -0.456 e. The number of benzene rings is 4. The van der Waals surface area contributed by atoms with Crippen LogP contribution in [-0.4, -0.2) is 0 Å². The van der Waals surface area contributed by atoms with E-state index in [9.17, 15) is 26.3 Å². The molecule has 2 aromatic heterocycles. The average molecular weight is 444 g/mol. The van der Waals surface area contributed by atoms with Gasteiger partial charge in [-0.25, -0.2) is 0 Å². The van der Waals surface area contributed by atoms with Gasteiger partial charge in [0.2, 0.25) is 0 Å². The fraction of sp³-hybridized carbons (Fsp3) is 0.0833. The summed E-state index contributed by atoms with van der Waals surface area (Å²) in [6.45, 7) is 0. The van der Waals surface area contributed by atoms with Crippen LogP contribution in [0.25, 0.3) is 54.6 Å². The summed E-state index contributed by atoms with van der Waals surface area (Å²) < 4.78 is 90.3. The molecular formula is C24H10F6O2. The van der Waals surface area contributed by atoms with Crippen LogP contribution >= 0.6 is 0 Å². The van der Waals surface area contributed by atoms with Crippen LogP contribution in [0.1, 0.15) is 11.1 Å². The Morgan fingerprint density at radius 3 is 1.19 bits per heavy atom. The van der Waals surface area contributed by atoms with E-state index in [0.29, 0.717) is 54.6 Å². The third kappa shape index (κ3) is 2.75. The number of hydrogen-bond acceptors (Lipinski definition) is 2. The van der Waals surface area contributed by atoms with E-state index in [-0.39, 0.29) is 0 Å². The summed E-state index contributed by atoms with van der Waals surface area (Å²) in [4.78, 5) is 0. The van der Waals surface area contributed by atoms with Crippen LogP contribution in [0, 0.1) is 0 Å². The molecule has 0 spiro atoms. The highest BCUT2D eigenvalue weighted by Gasteiger charge is 2.32. The van der Waals surface area contributed by atoms with Gasteiger partial charge in [-0.05, 0) is 71.4 Å². The average Bonchev–Trinajstić information content (AvgIpc) is 3.25. The van der Waals surface area contributed by atoms with Crippen molar-refractivity contribution in [3.8, 4) is 0 Å². The highest BCUT2D eigenvalue weighted by molar-refractivity contribution is 6.15. The van der Waals surface area contributed by atoms with Gasteiger partial charge in [-0.3, -0.25) is 0 Å². The van der Waals surface area contributed by atoms with E-state index in [4.69, 9.17) is 8.83 Å². The zero-order valence-electron chi connectivity index (χ0n) is 15.9. The molecular weight excluding hydrogens is 434 g/mol.